The first-order valence-electron chi connectivity index (χ1n) is 5.85. The Kier molecular flexibility index (Phi) is 4.11. The maximum Gasteiger partial charge on any atom is 0.244 e. The molecule has 100 valence electrons. The molecule has 0 amide bonds. The van der Waals surface area contributed by atoms with Gasteiger partial charge in [-0.15, -0.1) is 0 Å². The molecule has 0 aliphatic heterocycles. The highest BCUT2D eigenvalue weighted by Gasteiger charge is 2.38. The van der Waals surface area contributed by atoms with Crippen molar-refractivity contribution in [1.82, 2.24) is 4.31 Å². The van der Waals surface area contributed by atoms with Gasteiger partial charge in [-0.25, -0.2) is 8.42 Å². The van der Waals surface area contributed by atoms with Gasteiger partial charge in [0, 0.05) is 17.1 Å². The molecule has 0 heterocycles. The predicted octanol–water partition coefficient (Wildman–Crippen LogP) is 1.90. The molecule has 0 radical (unpaired) electrons. The van der Waals surface area contributed by atoms with E-state index in [1.54, 1.807) is 12.1 Å². The molecule has 0 aromatic heterocycles. The average Bonchev–Trinajstić information content (AvgIpc) is 3.13. The summed E-state index contributed by atoms with van der Waals surface area (Å²) in [6, 6.07) is 5.31. The van der Waals surface area contributed by atoms with Crippen LogP contribution in [0.15, 0.2) is 27.6 Å². The third-order valence-electron chi connectivity index (χ3n) is 2.95. The van der Waals surface area contributed by atoms with E-state index in [0.717, 1.165) is 18.4 Å². The van der Waals surface area contributed by atoms with Crippen LogP contribution in [0.3, 0.4) is 0 Å². The smallest absolute Gasteiger partial charge is 0.244 e. The molecule has 1 aliphatic rings. The fourth-order valence-electron chi connectivity index (χ4n) is 1.89. The van der Waals surface area contributed by atoms with Crippen LogP contribution in [-0.2, 0) is 10.0 Å². The highest BCUT2D eigenvalue weighted by Crippen LogP contribution is 2.34. The van der Waals surface area contributed by atoms with Crippen molar-refractivity contribution in [2.45, 2.75) is 30.7 Å². The van der Waals surface area contributed by atoms with E-state index in [4.69, 9.17) is 5.11 Å². The summed E-state index contributed by atoms with van der Waals surface area (Å²) in [6.45, 7) is 1.87. The lowest BCUT2D eigenvalue weighted by molar-refractivity contribution is 0.250. The fraction of sp³-hybridized carbons (Fsp3) is 0.500. The molecule has 4 nitrogen and oxygen atoms in total. The summed E-state index contributed by atoms with van der Waals surface area (Å²) in [6.07, 6.45) is 1.76. The van der Waals surface area contributed by atoms with Gasteiger partial charge >= 0.3 is 0 Å². The SMILES string of the molecule is Cc1ccc(Br)c(S(=O)(=O)N(CCO)C2CC2)c1. The summed E-state index contributed by atoms with van der Waals surface area (Å²) in [5.41, 5.74) is 0.900. The van der Waals surface area contributed by atoms with Crippen molar-refractivity contribution in [1.29, 1.82) is 0 Å². The Bertz CT molecular complexity index is 540. The number of hydrogen-bond acceptors (Lipinski definition) is 3. The Labute approximate surface area is 116 Å². The summed E-state index contributed by atoms with van der Waals surface area (Å²) >= 11 is 3.29. The number of nitrogens with zero attached hydrogens (tertiary/aromatic N) is 1. The van der Waals surface area contributed by atoms with Gasteiger partial charge in [0.25, 0.3) is 0 Å². The van der Waals surface area contributed by atoms with Crippen LogP contribution in [0.5, 0.6) is 0 Å². The Hall–Kier alpha value is -0.430. The van der Waals surface area contributed by atoms with Crippen molar-refractivity contribution >= 4 is 26.0 Å². The molecule has 0 atom stereocenters. The molecular weight excluding hydrogens is 318 g/mol. The van der Waals surface area contributed by atoms with E-state index < -0.39 is 10.0 Å². The number of rotatable bonds is 5. The zero-order chi connectivity index (χ0) is 13.3. The second-order valence-corrected chi connectivity index (χ2v) is 7.22. The first-order valence-corrected chi connectivity index (χ1v) is 8.09. The van der Waals surface area contributed by atoms with E-state index in [2.05, 4.69) is 15.9 Å². The number of benzene rings is 1. The van der Waals surface area contributed by atoms with Crippen molar-refractivity contribution in [2.75, 3.05) is 13.2 Å². The van der Waals surface area contributed by atoms with Gasteiger partial charge in [0.1, 0.15) is 0 Å². The molecule has 0 unspecified atom stereocenters. The van der Waals surface area contributed by atoms with Gasteiger partial charge in [0.05, 0.1) is 11.5 Å². The molecule has 1 aromatic carbocycles. The van der Waals surface area contributed by atoms with Crippen LogP contribution in [0, 0.1) is 6.92 Å². The topological polar surface area (TPSA) is 57.6 Å². The normalized spacial score (nSPS) is 16.2. The summed E-state index contributed by atoms with van der Waals surface area (Å²) in [5, 5.41) is 9.03. The lowest BCUT2D eigenvalue weighted by Gasteiger charge is -2.21. The fourth-order valence-corrected chi connectivity index (χ4v) is 4.58. The van der Waals surface area contributed by atoms with Crippen molar-refractivity contribution in [2.24, 2.45) is 0 Å². The van der Waals surface area contributed by atoms with Crippen molar-refractivity contribution in [3.05, 3.63) is 28.2 Å². The molecule has 2 rings (SSSR count). The highest BCUT2D eigenvalue weighted by molar-refractivity contribution is 9.10. The van der Waals surface area contributed by atoms with Gasteiger partial charge in [-0.1, -0.05) is 6.07 Å². The summed E-state index contributed by atoms with van der Waals surface area (Å²) in [5.74, 6) is 0. The predicted molar refractivity (Wildman–Crippen MR) is 72.9 cm³/mol. The van der Waals surface area contributed by atoms with Crippen LogP contribution in [0.25, 0.3) is 0 Å². The van der Waals surface area contributed by atoms with Gasteiger partial charge in [0.2, 0.25) is 10.0 Å². The Balaban J connectivity index is 2.42. The molecule has 0 bridgehead atoms. The van der Waals surface area contributed by atoms with Crippen molar-refractivity contribution in [3.63, 3.8) is 0 Å². The third-order valence-corrected chi connectivity index (χ3v) is 5.89. The summed E-state index contributed by atoms with van der Waals surface area (Å²) in [4.78, 5) is 0.280. The van der Waals surface area contributed by atoms with Crippen LogP contribution in [0.1, 0.15) is 18.4 Å². The first kappa shape index (κ1) is 14.0. The van der Waals surface area contributed by atoms with E-state index in [1.165, 1.54) is 4.31 Å². The minimum atomic E-state index is -3.53. The summed E-state index contributed by atoms with van der Waals surface area (Å²) < 4.78 is 27.1. The minimum absolute atomic E-state index is 0.0505. The molecule has 1 saturated carbocycles. The average molecular weight is 334 g/mol. The van der Waals surface area contributed by atoms with Gasteiger partial charge in [-0.3, -0.25) is 0 Å². The Morgan fingerprint density at radius 1 is 1.44 bits per heavy atom. The lowest BCUT2D eigenvalue weighted by Crippen LogP contribution is -2.35. The molecule has 0 saturated heterocycles. The van der Waals surface area contributed by atoms with E-state index in [0.29, 0.717) is 4.47 Å². The van der Waals surface area contributed by atoms with Crippen LogP contribution < -0.4 is 0 Å². The standard InChI is InChI=1S/C12H16BrNO3S/c1-9-2-5-11(13)12(8-9)18(16,17)14(6-7-15)10-3-4-10/h2,5,8,10,15H,3-4,6-7H2,1H3. The van der Waals surface area contributed by atoms with Crippen LogP contribution in [0.4, 0.5) is 0 Å². The zero-order valence-electron chi connectivity index (χ0n) is 10.1. The number of aryl methyl sites for hydroxylation is 1. The van der Waals surface area contributed by atoms with Crippen molar-refractivity contribution < 1.29 is 13.5 Å². The molecule has 1 fully saturated rings. The third kappa shape index (κ3) is 2.77. The van der Waals surface area contributed by atoms with Gasteiger partial charge in [-0.05, 0) is 53.4 Å². The van der Waals surface area contributed by atoms with Crippen LogP contribution >= 0.6 is 15.9 Å². The van der Waals surface area contributed by atoms with Gasteiger partial charge in [-0.2, -0.15) is 4.31 Å². The number of sulfonamides is 1. The maximum atomic E-state index is 12.6. The largest absolute Gasteiger partial charge is 0.395 e. The van der Waals surface area contributed by atoms with Crippen LogP contribution in [0.2, 0.25) is 0 Å². The van der Waals surface area contributed by atoms with Crippen molar-refractivity contribution in [3.8, 4) is 0 Å². The molecule has 1 aliphatic carbocycles. The molecule has 6 heteroatoms. The zero-order valence-corrected chi connectivity index (χ0v) is 12.5. The molecule has 18 heavy (non-hydrogen) atoms. The van der Waals surface area contributed by atoms with E-state index >= 15 is 0 Å². The minimum Gasteiger partial charge on any atom is -0.395 e. The quantitative estimate of drug-likeness (QED) is 0.895. The van der Waals surface area contributed by atoms with E-state index in [-0.39, 0.29) is 24.1 Å². The molecule has 1 aromatic rings. The number of aliphatic hydroxyl groups excluding tert-OH is 1. The van der Waals surface area contributed by atoms with E-state index in [9.17, 15) is 8.42 Å². The van der Waals surface area contributed by atoms with Crippen LogP contribution in [-0.4, -0.2) is 37.0 Å². The lowest BCUT2D eigenvalue weighted by atomic mass is 10.2. The number of hydrogen-bond donors (Lipinski definition) is 1. The number of aliphatic hydroxyl groups is 1. The Morgan fingerprint density at radius 2 is 2.11 bits per heavy atom. The maximum absolute atomic E-state index is 12.6. The first-order chi connectivity index (χ1) is 8.46. The van der Waals surface area contributed by atoms with E-state index in [1.807, 2.05) is 13.0 Å². The summed E-state index contributed by atoms with van der Waals surface area (Å²) in [7, 11) is -3.53. The van der Waals surface area contributed by atoms with Gasteiger partial charge in [0.15, 0.2) is 0 Å². The molecule has 0 spiro atoms. The van der Waals surface area contributed by atoms with Gasteiger partial charge < -0.3 is 5.11 Å². The Morgan fingerprint density at radius 3 is 2.67 bits per heavy atom. The number of halogens is 1. The second-order valence-electron chi connectivity index (χ2n) is 4.50. The second kappa shape index (κ2) is 5.28. The molecule has 1 N–H and O–H groups in total. The highest BCUT2D eigenvalue weighted by atomic mass is 79.9. The molecular formula is C12H16BrNO3S. The monoisotopic (exact) mass is 333 g/mol.